The molecule has 1 atom stereocenters. The number of hydrogen-bond donors (Lipinski definition) is 1. The number of benzene rings is 3. The number of aliphatic hydroxyl groups excluding tert-OH is 1. The quantitative estimate of drug-likeness (QED) is 0.115. The number of anilines is 1. The smallest absolute Gasteiger partial charge is 0.350 e. The van der Waals surface area contributed by atoms with Crippen LogP contribution in [0.1, 0.15) is 50.6 Å². The van der Waals surface area contributed by atoms with Gasteiger partial charge in [-0.1, -0.05) is 59.4 Å². The lowest BCUT2D eigenvalue weighted by Crippen LogP contribution is -2.29. The molecule has 9 heteroatoms. The molecule has 41 heavy (non-hydrogen) atoms. The molecule has 1 N–H and O–H groups in total. The van der Waals surface area contributed by atoms with Gasteiger partial charge in [0.25, 0.3) is 5.78 Å². The Morgan fingerprint density at radius 1 is 0.976 bits per heavy atom. The first-order chi connectivity index (χ1) is 19.7. The van der Waals surface area contributed by atoms with Crippen molar-refractivity contribution in [2.45, 2.75) is 33.7 Å². The SMILES string of the molecule is CCOC(=O)c1sc(N2C(=O)C(=O)/C(=C(/O)c3cc(C)ccc3C)C2c2cccc(Oc3ccccc3)c2)nc1C. The number of aliphatic hydroxyl groups is 1. The second-order valence-corrected chi connectivity index (χ2v) is 10.6. The van der Waals surface area contributed by atoms with Crippen molar-refractivity contribution in [1.29, 1.82) is 0 Å². The van der Waals surface area contributed by atoms with E-state index in [0.29, 0.717) is 28.3 Å². The minimum absolute atomic E-state index is 0.0777. The van der Waals surface area contributed by atoms with Crippen molar-refractivity contribution < 1.29 is 29.0 Å². The summed E-state index contributed by atoms with van der Waals surface area (Å²) in [7, 11) is 0. The highest BCUT2D eigenvalue weighted by atomic mass is 32.1. The summed E-state index contributed by atoms with van der Waals surface area (Å²) in [6.45, 7) is 7.23. The molecule has 0 bridgehead atoms. The van der Waals surface area contributed by atoms with Crippen molar-refractivity contribution in [2.24, 2.45) is 0 Å². The predicted octanol–water partition coefficient (Wildman–Crippen LogP) is 6.66. The van der Waals surface area contributed by atoms with E-state index in [0.717, 1.165) is 22.5 Å². The van der Waals surface area contributed by atoms with Gasteiger partial charge >= 0.3 is 11.9 Å². The lowest BCUT2D eigenvalue weighted by molar-refractivity contribution is -0.132. The Kier molecular flexibility index (Phi) is 7.72. The van der Waals surface area contributed by atoms with Crippen molar-refractivity contribution in [3.8, 4) is 11.5 Å². The maximum atomic E-state index is 13.6. The molecule has 208 valence electrons. The van der Waals surface area contributed by atoms with E-state index in [-0.39, 0.29) is 27.9 Å². The summed E-state index contributed by atoms with van der Waals surface area (Å²) in [5.74, 6) is -1.47. The number of para-hydroxylation sites is 1. The number of amides is 1. The van der Waals surface area contributed by atoms with E-state index in [1.807, 2.05) is 56.3 Å². The zero-order chi connectivity index (χ0) is 29.3. The summed E-state index contributed by atoms with van der Waals surface area (Å²) < 4.78 is 11.2. The van der Waals surface area contributed by atoms with Crippen molar-refractivity contribution in [1.82, 2.24) is 4.98 Å². The van der Waals surface area contributed by atoms with Crippen LogP contribution >= 0.6 is 11.3 Å². The number of carbonyl (C=O) groups is 3. The fourth-order valence-electron chi connectivity index (χ4n) is 4.73. The number of nitrogens with zero attached hydrogens (tertiary/aromatic N) is 2. The van der Waals surface area contributed by atoms with Crippen LogP contribution in [-0.4, -0.2) is 34.4 Å². The van der Waals surface area contributed by atoms with E-state index < -0.39 is 23.7 Å². The lowest BCUT2D eigenvalue weighted by atomic mass is 9.93. The predicted molar refractivity (Wildman–Crippen MR) is 156 cm³/mol. The van der Waals surface area contributed by atoms with Gasteiger partial charge in [-0.3, -0.25) is 14.5 Å². The number of rotatable bonds is 7. The zero-order valence-corrected chi connectivity index (χ0v) is 23.8. The first-order valence-electron chi connectivity index (χ1n) is 13.1. The molecule has 3 aromatic carbocycles. The number of Topliss-reactive ketones (excluding diaryl/α,β-unsaturated/α-hetero) is 1. The fraction of sp³-hybridized carbons (Fsp3) is 0.188. The molecule has 1 amide bonds. The van der Waals surface area contributed by atoms with Crippen molar-refractivity contribution in [3.05, 3.63) is 111 Å². The summed E-state index contributed by atoms with van der Waals surface area (Å²) in [4.78, 5) is 45.8. The van der Waals surface area contributed by atoms with Crippen LogP contribution < -0.4 is 9.64 Å². The van der Waals surface area contributed by atoms with Crippen LogP contribution in [0.15, 0.2) is 78.4 Å². The van der Waals surface area contributed by atoms with Crippen molar-refractivity contribution >= 4 is 39.9 Å². The van der Waals surface area contributed by atoms with E-state index in [4.69, 9.17) is 9.47 Å². The van der Waals surface area contributed by atoms with Gasteiger partial charge in [0.15, 0.2) is 5.13 Å². The molecule has 1 aliphatic heterocycles. The molecule has 0 spiro atoms. The molecule has 1 aromatic heterocycles. The van der Waals surface area contributed by atoms with Gasteiger partial charge in [-0.05, 0) is 69.2 Å². The highest BCUT2D eigenvalue weighted by molar-refractivity contribution is 7.17. The van der Waals surface area contributed by atoms with Gasteiger partial charge in [-0.2, -0.15) is 0 Å². The molecule has 2 heterocycles. The van der Waals surface area contributed by atoms with Gasteiger partial charge in [0.2, 0.25) is 0 Å². The molecule has 1 fully saturated rings. The summed E-state index contributed by atoms with van der Waals surface area (Å²) in [6.07, 6.45) is 0. The molecule has 5 rings (SSSR count). The van der Waals surface area contributed by atoms with Crippen LogP contribution in [0.4, 0.5) is 5.13 Å². The van der Waals surface area contributed by atoms with Crippen molar-refractivity contribution in [3.63, 3.8) is 0 Å². The van der Waals surface area contributed by atoms with E-state index in [1.165, 1.54) is 4.90 Å². The molecular weight excluding hydrogens is 540 g/mol. The number of aryl methyl sites for hydroxylation is 3. The van der Waals surface area contributed by atoms with Gasteiger partial charge < -0.3 is 14.6 Å². The molecule has 0 saturated carbocycles. The Labute approximate surface area is 241 Å². The minimum atomic E-state index is -1.03. The van der Waals surface area contributed by atoms with Crippen LogP contribution in [0.5, 0.6) is 11.5 Å². The minimum Gasteiger partial charge on any atom is -0.507 e. The van der Waals surface area contributed by atoms with Crippen LogP contribution in [0.3, 0.4) is 0 Å². The summed E-state index contributed by atoms with van der Waals surface area (Å²) >= 11 is 0.963. The topological polar surface area (TPSA) is 106 Å². The number of esters is 1. The number of ketones is 1. The Balaban J connectivity index is 1.69. The van der Waals surface area contributed by atoms with Crippen LogP contribution in [0.2, 0.25) is 0 Å². The van der Waals surface area contributed by atoms with Gasteiger partial charge in [0, 0.05) is 5.56 Å². The van der Waals surface area contributed by atoms with Gasteiger partial charge in [0.05, 0.1) is 23.9 Å². The number of ether oxygens (including phenoxy) is 2. The molecule has 1 unspecified atom stereocenters. The van der Waals surface area contributed by atoms with Gasteiger partial charge in [-0.25, -0.2) is 9.78 Å². The summed E-state index contributed by atoms with van der Waals surface area (Å²) in [5, 5.41) is 11.7. The van der Waals surface area contributed by atoms with E-state index in [1.54, 1.807) is 44.2 Å². The fourth-order valence-corrected chi connectivity index (χ4v) is 5.71. The third-order valence-corrected chi connectivity index (χ3v) is 7.83. The van der Waals surface area contributed by atoms with Gasteiger partial charge in [0.1, 0.15) is 22.1 Å². The molecule has 8 nitrogen and oxygen atoms in total. The standard InChI is InChI=1S/C32H28N2O6S/c1-5-39-31(38)29-20(4)33-32(41-29)34-26(21-10-9-13-23(17-21)40-22-11-7-6-8-12-22)25(28(36)30(34)37)27(35)24-16-18(2)14-15-19(24)3/h6-17,26,35H,5H2,1-4H3/b27-25+. The highest BCUT2D eigenvalue weighted by Gasteiger charge is 2.48. The number of carbonyl (C=O) groups excluding carboxylic acids is 3. The Hall–Kier alpha value is -4.76. The third-order valence-electron chi connectivity index (χ3n) is 6.70. The molecule has 1 saturated heterocycles. The average molecular weight is 569 g/mol. The molecule has 0 aliphatic carbocycles. The number of thiazole rings is 1. The lowest BCUT2D eigenvalue weighted by Gasteiger charge is -2.23. The maximum Gasteiger partial charge on any atom is 0.350 e. The average Bonchev–Trinajstić information content (AvgIpc) is 3.47. The first-order valence-corrected chi connectivity index (χ1v) is 13.9. The Bertz CT molecular complexity index is 1690. The van der Waals surface area contributed by atoms with Crippen LogP contribution in [0, 0.1) is 20.8 Å². The van der Waals surface area contributed by atoms with Gasteiger partial charge in [-0.15, -0.1) is 0 Å². The third kappa shape index (κ3) is 5.36. The molecule has 1 aliphatic rings. The van der Waals surface area contributed by atoms with E-state index in [2.05, 4.69) is 4.98 Å². The molecule has 0 radical (unpaired) electrons. The normalized spacial score (nSPS) is 16.2. The first kappa shape index (κ1) is 27.8. The van der Waals surface area contributed by atoms with E-state index in [9.17, 15) is 19.5 Å². The summed E-state index contributed by atoms with van der Waals surface area (Å²) in [5.41, 5.74) is 2.90. The second-order valence-electron chi connectivity index (χ2n) is 9.61. The number of aromatic nitrogens is 1. The second kappa shape index (κ2) is 11.4. The largest absolute Gasteiger partial charge is 0.507 e. The number of hydrogen-bond acceptors (Lipinski definition) is 8. The van der Waals surface area contributed by atoms with Crippen LogP contribution in [-0.2, 0) is 14.3 Å². The Morgan fingerprint density at radius 2 is 1.71 bits per heavy atom. The van der Waals surface area contributed by atoms with E-state index >= 15 is 0 Å². The molecule has 4 aromatic rings. The zero-order valence-electron chi connectivity index (χ0n) is 23.0. The monoisotopic (exact) mass is 568 g/mol. The highest BCUT2D eigenvalue weighted by Crippen LogP contribution is 2.45. The van der Waals surface area contributed by atoms with Crippen LogP contribution in [0.25, 0.3) is 5.76 Å². The molecular formula is C32H28N2O6S. The Morgan fingerprint density at radius 3 is 2.44 bits per heavy atom. The summed E-state index contributed by atoms with van der Waals surface area (Å²) in [6, 6.07) is 20.7. The van der Waals surface area contributed by atoms with Crippen molar-refractivity contribution in [2.75, 3.05) is 11.5 Å². The maximum absolute atomic E-state index is 13.6.